The molecule has 1 aromatic heterocycles. The molecule has 0 aliphatic heterocycles. The van der Waals surface area contributed by atoms with Gasteiger partial charge in [0.15, 0.2) is 0 Å². The summed E-state index contributed by atoms with van der Waals surface area (Å²) in [5.41, 5.74) is 8.30. The second kappa shape index (κ2) is 11.0. The monoisotopic (exact) mass is 399 g/mol. The van der Waals surface area contributed by atoms with Gasteiger partial charge in [0, 0.05) is 12.2 Å². The van der Waals surface area contributed by atoms with Gasteiger partial charge in [-0.1, -0.05) is 18.2 Å². The quantitative estimate of drug-likeness (QED) is 0.379. The molecule has 0 radical (unpaired) electrons. The van der Waals surface area contributed by atoms with Gasteiger partial charge in [0.25, 0.3) is 0 Å². The molecule has 2 aromatic rings. The van der Waals surface area contributed by atoms with E-state index in [2.05, 4.69) is 20.9 Å². The highest BCUT2D eigenvalue weighted by Crippen LogP contribution is 2.12. The molecule has 8 nitrogen and oxygen atoms in total. The SMILES string of the molecule is Cc1nc(N)ccc1CNC(=O)C(C)NC(=O)CNCCCc1cccc(O)c1. The molecule has 1 heterocycles. The zero-order valence-corrected chi connectivity index (χ0v) is 16.9. The van der Waals surface area contributed by atoms with Crippen LogP contribution in [-0.2, 0) is 22.6 Å². The van der Waals surface area contributed by atoms with Crippen molar-refractivity contribution in [1.29, 1.82) is 0 Å². The molecule has 0 fully saturated rings. The number of aromatic hydroxyl groups is 1. The first-order valence-corrected chi connectivity index (χ1v) is 9.63. The minimum Gasteiger partial charge on any atom is -0.508 e. The van der Waals surface area contributed by atoms with Crippen molar-refractivity contribution in [3.05, 3.63) is 53.2 Å². The Labute approximate surface area is 170 Å². The minimum absolute atomic E-state index is 0.138. The van der Waals surface area contributed by atoms with Crippen LogP contribution in [0.4, 0.5) is 5.82 Å². The fourth-order valence-electron chi connectivity index (χ4n) is 2.82. The van der Waals surface area contributed by atoms with Crippen LogP contribution < -0.4 is 21.7 Å². The molecule has 0 bridgehead atoms. The normalized spacial score (nSPS) is 11.7. The van der Waals surface area contributed by atoms with E-state index in [1.807, 2.05) is 25.1 Å². The largest absolute Gasteiger partial charge is 0.508 e. The Kier molecular flexibility index (Phi) is 8.42. The van der Waals surface area contributed by atoms with Crippen molar-refractivity contribution in [2.24, 2.45) is 0 Å². The van der Waals surface area contributed by atoms with E-state index >= 15 is 0 Å². The van der Waals surface area contributed by atoms with Gasteiger partial charge in [-0.05, 0) is 62.6 Å². The molecule has 0 aliphatic carbocycles. The van der Waals surface area contributed by atoms with Crippen LogP contribution in [0.3, 0.4) is 0 Å². The first-order valence-electron chi connectivity index (χ1n) is 9.63. The predicted molar refractivity (Wildman–Crippen MR) is 112 cm³/mol. The van der Waals surface area contributed by atoms with Crippen LogP contribution in [-0.4, -0.2) is 41.0 Å². The summed E-state index contributed by atoms with van der Waals surface area (Å²) in [5.74, 6) is 0.186. The number of phenols is 1. The number of rotatable bonds is 10. The molecule has 1 unspecified atom stereocenters. The van der Waals surface area contributed by atoms with Crippen molar-refractivity contribution in [3.63, 3.8) is 0 Å². The molecule has 156 valence electrons. The van der Waals surface area contributed by atoms with Crippen molar-refractivity contribution in [3.8, 4) is 5.75 Å². The van der Waals surface area contributed by atoms with E-state index in [9.17, 15) is 14.7 Å². The van der Waals surface area contributed by atoms with Crippen LogP contribution in [0, 0.1) is 6.92 Å². The van der Waals surface area contributed by atoms with Crippen molar-refractivity contribution in [2.45, 2.75) is 39.3 Å². The first-order chi connectivity index (χ1) is 13.8. The number of carbonyl (C=O) groups is 2. The highest BCUT2D eigenvalue weighted by atomic mass is 16.3. The number of aryl methyl sites for hydroxylation is 2. The Hall–Kier alpha value is -3.13. The van der Waals surface area contributed by atoms with Crippen molar-refractivity contribution < 1.29 is 14.7 Å². The number of phenolic OH excluding ortho intramolecular Hbond substituents is 1. The third-order valence-electron chi connectivity index (χ3n) is 4.46. The number of anilines is 1. The molecule has 1 aromatic carbocycles. The summed E-state index contributed by atoms with van der Waals surface area (Å²) in [4.78, 5) is 28.3. The third-order valence-corrected chi connectivity index (χ3v) is 4.46. The Morgan fingerprint density at radius 3 is 2.76 bits per heavy atom. The molecule has 0 saturated carbocycles. The van der Waals surface area contributed by atoms with E-state index in [-0.39, 0.29) is 24.1 Å². The number of aromatic nitrogens is 1. The molecule has 6 N–H and O–H groups in total. The molecule has 2 amide bonds. The van der Waals surface area contributed by atoms with Crippen LogP contribution in [0.15, 0.2) is 36.4 Å². The number of hydrogen-bond donors (Lipinski definition) is 5. The number of carbonyl (C=O) groups excluding carboxylic acids is 2. The van der Waals surface area contributed by atoms with E-state index in [0.717, 1.165) is 29.7 Å². The lowest BCUT2D eigenvalue weighted by Gasteiger charge is -2.15. The van der Waals surface area contributed by atoms with Gasteiger partial charge in [-0.15, -0.1) is 0 Å². The zero-order valence-electron chi connectivity index (χ0n) is 16.9. The number of nitrogens with two attached hydrogens (primary N) is 1. The molecule has 0 aliphatic rings. The van der Waals surface area contributed by atoms with Crippen LogP contribution in [0.2, 0.25) is 0 Å². The Balaban J connectivity index is 1.62. The number of hydrogen-bond acceptors (Lipinski definition) is 6. The van der Waals surface area contributed by atoms with Crippen LogP contribution in [0.25, 0.3) is 0 Å². The number of nitrogens with one attached hydrogen (secondary N) is 3. The highest BCUT2D eigenvalue weighted by Gasteiger charge is 2.15. The lowest BCUT2D eigenvalue weighted by molar-refractivity contribution is -0.128. The predicted octanol–water partition coefficient (Wildman–Crippen LogP) is 1.02. The first kappa shape index (κ1) is 22.2. The van der Waals surface area contributed by atoms with Gasteiger partial charge >= 0.3 is 0 Å². The van der Waals surface area contributed by atoms with Crippen LogP contribution in [0.1, 0.15) is 30.2 Å². The van der Waals surface area contributed by atoms with E-state index < -0.39 is 6.04 Å². The average molecular weight is 399 g/mol. The second-order valence-electron chi connectivity index (χ2n) is 6.94. The molecule has 0 spiro atoms. The molecule has 29 heavy (non-hydrogen) atoms. The number of nitrogen functional groups attached to an aromatic ring is 1. The third kappa shape index (κ3) is 7.79. The number of pyridine rings is 1. The molecule has 2 rings (SSSR count). The lowest BCUT2D eigenvalue weighted by atomic mass is 10.1. The molecular formula is C21H29N5O3. The average Bonchev–Trinajstić information content (AvgIpc) is 2.66. The summed E-state index contributed by atoms with van der Waals surface area (Å²) in [7, 11) is 0. The fraction of sp³-hybridized carbons (Fsp3) is 0.381. The van der Waals surface area contributed by atoms with Gasteiger partial charge in [-0.2, -0.15) is 0 Å². The van der Waals surface area contributed by atoms with E-state index in [1.54, 1.807) is 25.1 Å². The summed E-state index contributed by atoms with van der Waals surface area (Å²) < 4.78 is 0. The van der Waals surface area contributed by atoms with Gasteiger partial charge in [0.2, 0.25) is 11.8 Å². The Bertz CT molecular complexity index is 841. The zero-order chi connectivity index (χ0) is 21.2. The van der Waals surface area contributed by atoms with Gasteiger partial charge in [0.05, 0.1) is 6.54 Å². The molecule has 8 heteroatoms. The smallest absolute Gasteiger partial charge is 0.242 e. The van der Waals surface area contributed by atoms with Gasteiger partial charge < -0.3 is 26.8 Å². The summed E-state index contributed by atoms with van der Waals surface area (Å²) in [6, 6.07) is 10.00. The number of nitrogens with zero attached hydrogens (tertiary/aromatic N) is 1. The van der Waals surface area contributed by atoms with Crippen molar-refractivity contribution in [1.82, 2.24) is 20.9 Å². The summed E-state index contributed by atoms with van der Waals surface area (Å²) in [6.07, 6.45) is 1.64. The van der Waals surface area contributed by atoms with Gasteiger partial charge in [-0.25, -0.2) is 4.98 Å². The fourth-order valence-corrected chi connectivity index (χ4v) is 2.82. The summed E-state index contributed by atoms with van der Waals surface area (Å²) in [6.45, 7) is 4.59. The molecule has 1 atom stereocenters. The minimum atomic E-state index is -0.640. The standard InChI is InChI=1S/C21H29N5O3/c1-14-17(8-9-19(22)25-14)12-24-21(29)15(2)26-20(28)13-23-10-4-6-16-5-3-7-18(27)11-16/h3,5,7-9,11,15,23,27H,4,6,10,12-13H2,1-2H3,(H2,22,25)(H,24,29)(H,26,28). The van der Waals surface area contributed by atoms with Crippen LogP contribution in [0.5, 0.6) is 5.75 Å². The number of amides is 2. The van der Waals surface area contributed by atoms with Crippen molar-refractivity contribution in [2.75, 3.05) is 18.8 Å². The summed E-state index contributed by atoms with van der Waals surface area (Å²) >= 11 is 0. The highest BCUT2D eigenvalue weighted by molar-refractivity contribution is 5.87. The van der Waals surface area contributed by atoms with Crippen molar-refractivity contribution >= 4 is 17.6 Å². The van der Waals surface area contributed by atoms with E-state index in [1.165, 1.54) is 0 Å². The van der Waals surface area contributed by atoms with E-state index in [4.69, 9.17) is 5.73 Å². The van der Waals surface area contributed by atoms with Gasteiger partial charge in [-0.3, -0.25) is 9.59 Å². The maximum Gasteiger partial charge on any atom is 0.242 e. The topological polar surface area (TPSA) is 129 Å². The lowest BCUT2D eigenvalue weighted by Crippen LogP contribution is -2.47. The second-order valence-corrected chi connectivity index (χ2v) is 6.94. The summed E-state index contributed by atoms with van der Waals surface area (Å²) in [5, 5.41) is 18.0. The maximum atomic E-state index is 12.2. The van der Waals surface area contributed by atoms with Crippen LogP contribution >= 0.6 is 0 Å². The van der Waals surface area contributed by atoms with E-state index in [0.29, 0.717) is 18.9 Å². The Morgan fingerprint density at radius 2 is 2.03 bits per heavy atom. The number of benzene rings is 1. The maximum absolute atomic E-state index is 12.2. The molecular weight excluding hydrogens is 370 g/mol. The molecule has 0 saturated heterocycles. The van der Waals surface area contributed by atoms with Gasteiger partial charge in [0.1, 0.15) is 17.6 Å². The Morgan fingerprint density at radius 1 is 1.24 bits per heavy atom.